The quantitative estimate of drug-likeness (QED) is 0.537. The van der Waals surface area contributed by atoms with E-state index in [1.807, 2.05) is 6.26 Å². The number of Topliss-reactive ketones (excluding diaryl/α,β-unsaturated/α-hetero) is 2. The smallest absolute Gasteiger partial charge is 0.243 e. The molecule has 0 unspecified atom stereocenters. The second-order valence-electron chi connectivity index (χ2n) is 3.68. The molecule has 0 saturated heterocycles. The van der Waals surface area contributed by atoms with Crippen molar-refractivity contribution in [3.8, 4) is 0 Å². The molecule has 0 aliphatic heterocycles. The summed E-state index contributed by atoms with van der Waals surface area (Å²) in [5, 5.41) is 2.87. The highest BCUT2D eigenvalue weighted by molar-refractivity contribution is 7.99. The zero-order chi connectivity index (χ0) is 11.4. The van der Waals surface area contributed by atoms with Crippen molar-refractivity contribution in [1.29, 1.82) is 0 Å². The Bertz CT molecular complexity index is 259. The Balaban J connectivity index is 4.10. The molecule has 0 aliphatic carbocycles. The molecular weight excluding hydrogens is 198 g/mol. The molecule has 0 bridgehead atoms. The third kappa shape index (κ3) is 4.46. The highest BCUT2D eigenvalue weighted by atomic mass is 32.2. The van der Waals surface area contributed by atoms with Gasteiger partial charge in [0.15, 0.2) is 0 Å². The Morgan fingerprint density at radius 2 is 1.93 bits per heavy atom. The summed E-state index contributed by atoms with van der Waals surface area (Å²) in [5.74, 6) is -1.02. The summed E-state index contributed by atoms with van der Waals surface area (Å²) in [6.45, 7) is 9.49. The van der Waals surface area contributed by atoms with E-state index >= 15 is 0 Å². The summed E-state index contributed by atoms with van der Waals surface area (Å²) < 4.78 is 0.0278. The fraction of sp³-hybridized carbons (Fsp3) is 0.600. The lowest BCUT2D eigenvalue weighted by Crippen LogP contribution is -2.34. The van der Waals surface area contributed by atoms with Crippen LogP contribution in [0.15, 0.2) is 12.3 Å². The molecule has 4 heteroatoms. The van der Waals surface area contributed by atoms with Gasteiger partial charge in [0.1, 0.15) is 0 Å². The van der Waals surface area contributed by atoms with Gasteiger partial charge in [-0.3, -0.25) is 9.59 Å². The summed E-state index contributed by atoms with van der Waals surface area (Å²) >= 11 is 1.69. The summed E-state index contributed by atoms with van der Waals surface area (Å²) in [6.07, 6.45) is 2.00. The lowest BCUT2D eigenvalue weighted by Gasteiger charge is -2.23. The molecule has 0 saturated carbocycles. The molecule has 0 rings (SSSR count). The van der Waals surface area contributed by atoms with E-state index in [9.17, 15) is 9.59 Å². The van der Waals surface area contributed by atoms with Crippen LogP contribution < -0.4 is 5.32 Å². The van der Waals surface area contributed by atoms with Gasteiger partial charge in [0.25, 0.3) is 0 Å². The van der Waals surface area contributed by atoms with Crippen LogP contribution in [0.1, 0.15) is 20.8 Å². The highest BCUT2D eigenvalue weighted by Gasteiger charge is 2.18. The molecule has 0 spiro atoms. The van der Waals surface area contributed by atoms with Gasteiger partial charge in [0.05, 0.1) is 5.70 Å². The molecule has 0 aromatic carbocycles. The molecular formula is C10H17NO2S. The fourth-order valence-electron chi connectivity index (χ4n) is 0.684. The maximum absolute atomic E-state index is 11.1. The van der Waals surface area contributed by atoms with Crippen LogP contribution in [0.3, 0.4) is 0 Å². The number of hydrogen-bond donors (Lipinski definition) is 1. The van der Waals surface area contributed by atoms with Crippen LogP contribution in [0.4, 0.5) is 0 Å². The predicted octanol–water partition coefficient (Wildman–Crippen LogP) is 1.39. The van der Waals surface area contributed by atoms with E-state index in [0.717, 1.165) is 0 Å². The van der Waals surface area contributed by atoms with Crippen molar-refractivity contribution in [2.45, 2.75) is 25.5 Å². The Hall–Kier alpha value is -0.770. The first-order chi connectivity index (χ1) is 6.30. The number of carbonyl (C=O) groups excluding carboxylic acids is 2. The second kappa shape index (κ2) is 5.20. The minimum absolute atomic E-state index is 0.0278. The minimum Gasteiger partial charge on any atom is -0.381 e. The van der Waals surface area contributed by atoms with Gasteiger partial charge in [-0.1, -0.05) is 6.58 Å². The Labute approximate surface area is 89.3 Å². The number of nitrogens with one attached hydrogen (secondary N) is 1. The molecule has 0 fully saturated rings. The van der Waals surface area contributed by atoms with Gasteiger partial charge >= 0.3 is 0 Å². The molecule has 0 atom stereocenters. The molecule has 14 heavy (non-hydrogen) atoms. The van der Waals surface area contributed by atoms with Crippen molar-refractivity contribution >= 4 is 23.3 Å². The van der Waals surface area contributed by atoms with Crippen molar-refractivity contribution < 1.29 is 9.59 Å². The number of ketones is 2. The van der Waals surface area contributed by atoms with E-state index in [2.05, 4.69) is 25.7 Å². The predicted molar refractivity (Wildman–Crippen MR) is 60.4 cm³/mol. The van der Waals surface area contributed by atoms with Crippen LogP contribution in [0.5, 0.6) is 0 Å². The monoisotopic (exact) mass is 215 g/mol. The SMILES string of the molecule is C=C(NCC(C)(C)SC)C(=O)C(C)=O. The van der Waals surface area contributed by atoms with Crippen molar-refractivity contribution in [3.63, 3.8) is 0 Å². The standard InChI is InChI=1S/C10H17NO2S/c1-7(9(13)8(2)12)11-6-10(3,4)14-5/h11H,1,6H2,2-5H3. The second-order valence-corrected chi connectivity index (χ2v) is 5.19. The first-order valence-corrected chi connectivity index (χ1v) is 5.56. The van der Waals surface area contributed by atoms with Crippen LogP contribution in [0.25, 0.3) is 0 Å². The summed E-state index contributed by atoms with van der Waals surface area (Å²) in [7, 11) is 0. The van der Waals surface area contributed by atoms with Crippen molar-refractivity contribution in [3.05, 3.63) is 12.3 Å². The first kappa shape index (κ1) is 13.2. The van der Waals surface area contributed by atoms with Crippen LogP contribution in [-0.2, 0) is 9.59 Å². The molecule has 0 aromatic rings. The average Bonchev–Trinajstić information content (AvgIpc) is 2.13. The van der Waals surface area contributed by atoms with Gasteiger partial charge in [0.2, 0.25) is 11.6 Å². The molecule has 0 amide bonds. The lowest BCUT2D eigenvalue weighted by atomic mass is 10.2. The van der Waals surface area contributed by atoms with Gasteiger partial charge in [-0.05, 0) is 20.1 Å². The van der Waals surface area contributed by atoms with Crippen LogP contribution in [0.2, 0.25) is 0 Å². The third-order valence-corrected chi connectivity index (χ3v) is 3.12. The minimum atomic E-state index is -0.540. The summed E-state index contributed by atoms with van der Waals surface area (Å²) in [6, 6.07) is 0. The zero-order valence-corrected chi connectivity index (χ0v) is 9.96. The maximum atomic E-state index is 11.1. The van der Waals surface area contributed by atoms with Crippen LogP contribution in [0, 0.1) is 0 Å². The number of hydrogen-bond acceptors (Lipinski definition) is 4. The molecule has 80 valence electrons. The third-order valence-electron chi connectivity index (χ3n) is 1.87. The average molecular weight is 215 g/mol. The summed E-state index contributed by atoms with van der Waals surface area (Å²) in [4.78, 5) is 21.9. The topological polar surface area (TPSA) is 46.2 Å². The van der Waals surface area contributed by atoms with E-state index in [-0.39, 0.29) is 10.4 Å². The Kier molecular flexibility index (Phi) is 4.91. The lowest BCUT2D eigenvalue weighted by molar-refractivity contribution is -0.133. The zero-order valence-electron chi connectivity index (χ0n) is 9.14. The number of rotatable bonds is 6. The number of thioether (sulfide) groups is 1. The van der Waals surface area contributed by atoms with Crippen molar-refractivity contribution in [1.82, 2.24) is 5.32 Å². The van der Waals surface area contributed by atoms with Gasteiger partial charge in [-0.15, -0.1) is 0 Å². The molecule has 0 radical (unpaired) electrons. The normalized spacial score (nSPS) is 10.9. The fourth-order valence-corrected chi connectivity index (χ4v) is 0.901. The Morgan fingerprint density at radius 1 is 1.43 bits per heavy atom. The van der Waals surface area contributed by atoms with E-state index in [0.29, 0.717) is 6.54 Å². The van der Waals surface area contributed by atoms with E-state index in [4.69, 9.17) is 0 Å². The van der Waals surface area contributed by atoms with E-state index in [1.165, 1.54) is 6.92 Å². The molecule has 0 heterocycles. The number of carbonyl (C=O) groups is 2. The van der Waals surface area contributed by atoms with E-state index in [1.54, 1.807) is 11.8 Å². The highest BCUT2D eigenvalue weighted by Crippen LogP contribution is 2.19. The maximum Gasteiger partial charge on any atom is 0.243 e. The van der Waals surface area contributed by atoms with Crippen LogP contribution in [-0.4, -0.2) is 29.1 Å². The van der Waals surface area contributed by atoms with Crippen molar-refractivity contribution in [2.24, 2.45) is 0 Å². The summed E-state index contributed by atoms with van der Waals surface area (Å²) in [5.41, 5.74) is 0.180. The van der Waals surface area contributed by atoms with Gasteiger partial charge < -0.3 is 5.32 Å². The molecule has 0 aliphatic rings. The molecule has 0 aromatic heterocycles. The molecule has 3 nitrogen and oxygen atoms in total. The molecule has 1 N–H and O–H groups in total. The van der Waals surface area contributed by atoms with Crippen molar-refractivity contribution in [2.75, 3.05) is 12.8 Å². The largest absolute Gasteiger partial charge is 0.381 e. The van der Waals surface area contributed by atoms with Crippen LogP contribution >= 0.6 is 11.8 Å². The van der Waals surface area contributed by atoms with E-state index < -0.39 is 11.6 Å². The number of allylic oxidation sites excluding steroid dienone is 1. The first-order valence-electron chi connectivity index (χ1n) is 4.33. The Morgan fingerprint density at radius 3 is 2.29 bits per heavy atom. The van der Waals surface area contributed by atoms with Gasteiger partial charge in [-0.2, -0.15) is 11.8 Å². The van der Waals surface area contributed by atoms with Gasteiger partial charge in [0, 0.05) is 18.2 Å². The van der Waals surface area contributed by atoms with Gasteiger partial charge in [-0.25, -0.2) is 0 Å².